The Hall–Kier alpha value is -2.82. The van der Waals surface area contributed by atoms with Gasteiger partial charge in [0.1, 0.15) is 12.6 Å². The molecule has 0 aromatic carbocycles. The number of nitrogens with two attached hydrogens (primary N) is 1. The largest absolute Gasteiger partial charge is 0.480 e. The van der Waals surface area contributed by atoms with E-state index in [1.807, 2.05) is 12.2 Å². The number of unbranched alkanes of at least 4 members (excludes halogenated alkanes) is 19. The molecular weight excluding hydrogens is 781 g/mol. The Kier molecular flexibility index (Phi) is 40.8. The summed E-state index contributed by atoms with van der Waals surface area (Å²) in [5, 5.41) is 8.90. The van der Waals surface area contributed by atoms with Gasteiger partial charge >= 0.3 is 25.7 Å². The minimum atomic E-state index is -4.74. The number of allylic oxidation sites excluding steroid dienone is 10. The zero-order valence-electron chi connectivity index (χ0n) is 37.5. The number of carboxylic acid groups (broad SMARTS) is 1. The Balaban J connectivity index is 4.44. The van der Waals surface area contributed by atoms with E-state index in [1.54, 1.807) is 0 Å². The number of carbonyl (C=O) groups is 3. The van der Waals surface area contributed by atoms with Crippen LogP contribution in [0.1, 0.15) is 194 Å². The molecule has 11 nitrogen and oxygen atoms in total. The molecule has 3 atom stereocenters. The van der Waals surface area contributed by atoms with Gasteiger partial charge in [0.05, 0.1) is 13.2 Å². The molecule has 0 aliphatic rings. The average molecular weight is 866 g/mol. The third kappa shape index (κ3) is 41.9. The number of esters is 2. The third-order valence-corrected chi connectivity index (χ3v) is 10.7. The van der Waals surface area contributed by atoms with Gasteiger partial charge in [0.2, 0.25) is 0 Å². The first-order chi connectivity index (χ1) is 29.1. The first-order valence-electron chi connectivity index (χ1n) is 23.3. The van der Waals surface area contributed by atoms with Crippen molar-refractivity contribution in [3.63, 3.8) is 0 Å². The number of ether oxygens (including phenoxy) is 2. The van der Waals surface area contributed by atoms with Crippen LogP contribution in [0.2, 0.25) is 0 Å². The van der Waals surface area contributed by atoms with Crippen molar-refractivity contribution in [1.82, 2.24) is 0 Å². The fraction of sp³-hybridized carbons (Fsp3) is 0.729. The number of hydrogen-bond acceptors (Lipinski definition) is 9. The van der Waals surface area contributed by atoms with Gasteiger partial charge < -0.3 is 25.2 Å². The first kappa shape index (κ1) is 57.2. The predicted molar refractivity (Wildman–Crippen MR) is 245 cm³/mol. The third-order valence-electron chi connectivity index (χ3n) is 9.78. The van der Waals surface area contributed by atoms with Gasteiger partial charge in [-0.05, 0) is 51.4 Å². The molecule has 0 saturated carbocycles. The van der Waals surface area contributed by atoms with Crippen LogP contribution in [0.15, 0.2) is 60.8 Å². The van der Waals surface area contributed by atoms with Gasteiger partial charge in [-0.2, -0.15) is 0 Å². The maximum absolute atomic E-state index is 12.6. The summed E-state index contributed by atoms with van der Waals surface area (Å²) in [5.74, 6) is -2.48. The maximum Gasteiger partial charge on any atom is 0.472 e. The molecule has 0 saturated heterocycles. The first-order valence-corrected chi connectivity index (χ1v) is 24.8. The Morgan fingerprint density at radius 2 is 0.917 bits per heavy atom. The van der Waals surface area contributed by atoms with Crippen molar-refractivity contribution >= 4 is 25.7 Å². The van der Waals surface area contributed by atoms with Gasteiger partial charge in [0, 0.05) is 12.8 Å². The molecular formula is C48H84NO10P. The van der Waals surface area contributed by atoms with E-state index in [-0.39, 0.29) is 19.4 Å². The van der Waals surface area contributed by atoms with Crippen LogP contribution in [0.4, 0.5) is 0 Å². The molecule has 0 aromatic heterocycles. The van der Waals surface area contributed by atoms with Crippen LogP contribution in [0.5, 0.6) is 0 Å². The zero-order chi connectivity index (χ0) is 44.2. The van der Waals surface area contributed by atoms with E-state index in [0.717, 1.165) is 51.4 Å². The van der Waals surface area contributed by atoms with Crippen molar-refractivity contribution in [2.75, 3.05) is 19.8 Å². The lowest BCUT2D eigenvalue weighted by Gasteiger charge is -2.20. The molecule has 1 unspecified atom stereocenters. The highest BCUT2D eigenvalue weighted by Crippen LogP contribution is 2.43. The molecule has 0 aliphatic carbocycles. The van der Waals surface area contributed by atoms with Crippen LogP contribution in [0.25, 0.3) is 0 Å². The summed E-state index contributed by atoms with van der Waals surface area (Å²) in [5.41, 5.74) is 5.33. The molecule has 0 fully saturated rings. The zero-order valence-corrected chi connectivity index (χ0v) is 38.4. The molecule has 0 amide bonds. The van der Waals surface area contributed by atoms with Gasteiger partial charge in [0.25, 0.3) is 0 Å². The van der Waals surface area contributed by atoms with Crippen LogP contribution in [0.3, 0.4) is 0 Å². The lowest BCUT2D eigenvalue weighted by molar-refractivity contribution is -0.161. The van der Waals surface area contributed by atoms with Gasteiger partial charge in [-0.25, -0.2) is 4.57 Å². The van der Waals surface area contributed by atoms with Crippen molar-refractivity contribution in [2.24, 2.45) is 5.73 Å². The number of rotatable bonds is 43. The predicted octanol–water partition coefficient (Wildman–Crippen LogP) is 12.7. The van der Waals surface area contributed by atoms with E-state index in [1.165, 1.54) is 103 Å². The fourth-order valence-corrected chi connectivity index (χ4v) is 6.88. The normalized spacial score (nSPS) is 14.2. The molecule has 0 aromatic rings. The summed E-state index contributed by atoms with van der Waals surface area (Å²) < 4.78 is 32.7. The Morgan fingerprint density at radius 1 is 0.517 bits per heavy atom. The number of carboxylic acids is 1. The van der Waals surface area contributed by atoms with E-state index in [9.17, 15) is 23.8 Å². The highest BCUT2D eigenvalue weighted by molar-refractivity contribution is 7.47. The van der Waals surface area contributed by atoms with Gasteiger partial charge in [-0.1, -0.05) is 190 Å². The fourth-order valence-electron chi connectivity index (χ4n) is 6.11. The molecule has 4 N–H and O–H groups in total. The summed E-state index contributed by atoms with van der Waals surface area (Å²) >= 11 is 0. The van der Waals surface area contributed by atoms with E-state index < -0.39 is 51.1 Å². The number of hydrogen-bond donors (Lipinski definition) is 3. The second-order valence-electron chi connectivity index (χ2n) is 15.5. The Labute approximate surface area is 364 Å². The molecule has 0 spiro atoms. The van der Waals surface area contributed by atoms with Gasteiger partial charge in [-0.15, -0.1) is 0 Å². The van der Waals surface area contributed by atoms with Crippen LogP contribution in [-0.4, -0.2) is 59.9 Å². The summed E-state index contributed by atoms with van der Waals surface area (Å²) in [6.45, 7) is 2.72. The Morgan fingerprint density at radius 3 is 1.38 bits per heavy atom. The van der Waals surface area contributed by atoms with Crippen LogP contribution in [-0.2, 0) is 37.5 Å². The maximum atomic E-state index is 12.6. The monoisotopic (exact) mass is 866 g/mol. The number of aliphatic carboxylic acids is 1. The van der Waals surface area contributed by atoms with Crippen LogP contribution < -0.4 is 5.73 Å². The average Bonchev–Trinajstić information content (AvgIpc) is 3.22. The van der Waals surface area contributed by atoms with Gasteiger partial charge in [0.15, 0.2) is 6.10 Å². The van der Waals surface area contributed by atoms with E-state index in [0.29, 0.717) is 12.8 Å². The summed E-state index contributed by atoms with van der Waals surface area (Å²) in [7, 11) is -4.74. The second kappa shape index (κ2) is 42.9. The van der Waals surface area contributed by atoms with E-state index in [4.69, 9.17) is 24.8 Å². The van der Waals surface area contributed by atoms with Crippen molar-refractivity contribution in [2.45, 2.75) is 206 Å². The Bertz CT molecular complexity index is 1250. The SMILES string of the molecule is CCCCC/C=C/C/C=C/C/C=C/C/C=C/C/C=C/CCC(=O)O[C@H](COC(=O)CCCCCCCCCCCCCCCCCCC)COP(=O)(O)OC[C@H](N)C(=O)O. The standard InChI is InChI=1S/C48H84NO10P/c1-3-5-7-9-11-13-15-17-19-21-22-24-26-28-30-32-34-36-38-40-47(51)59-44(42-57-60(54,55)58-43-45(49)48(52)53)41-56-46(50)39-37-35-33-31-29-27-25-23-20-18-16-14-12-10-8-6-4-2/h11,13,17,19,22,24,28,30,34,36,44-45H,3-10,12,14-16,18,20-21,23,25-27,29,31-33,35,37-43,49H2,1-2H3,(H,52,53)(H,54,55)/b13-11+,19-17+,24-22+,30-28+,36-34+/t44-,45+/m1/s1. The van der Waals surface area contributed by atoms with E-state index >= 15 is 0 Å². The summed E-state index contributed by atoms with van der Waals surface area (Å²) in [6.07, 6.45) is 50.1. The molecule has 346 valence electrons. The highest BCUT2D eigenvalue weighted by Gasteiger charge is 2.28. The number of carbonyl (C=O) groups excluding carboxylic acids is 2. The summed E-state index contributed by atoms with van der Waals surface area (Å²) in [6, 6.07) is -1.53. The lowest BCUT2D eigenvalue weighted by atomic mass is 10.0. The molecule has 12 heteroatoms. The molecule has 0 radical (unpaired) electrons. The molecule has 0 heterocycles. The van der Waals surface area contributed by atoms with E-state index in [2.05, 4.69) is 67.0 Å². The topological polar surface area (TPSA) is 172 Å². The van der Waals surface area contributed by atoms with Crippen LogP contribution in [0, 0.1) is 0 Å². The molecule has 60 heavy (non-hydrogen) atoms. The van der Waals surface area contributed by atoms with Crippen LogP contribution >= 0.6 is 7.82 Å². The highest BCUT2D eigenvalue weighted by atomic mass is 31.2. The molecule has 0 bridgehead atoms. The minimum Gasteiger partial charge on any atom is -0.480 e. The molecule has 0 aliphatic heterocycles. The van der Waals surface area contributed by atoms with Crippen molar-refractivity contribution in [3.05, 3.63) is 60.8 Å². The number of phosphoric acid groups is 1. The van der Waals surface area contributed by atoms with Crippen molar-refractivity contribution in [1.29, 1.82) is 0 Å². The van der Waals surface area contributed by atoms with Gasteiger partial charge in [-0.3, -0.25) is 23.4 Å². The molecule has 0 rings (SSSR count). The minimum absolute atomic E-state index is 0.0373. The number of phosphoric ester groups is 1. The lowest BCUT2D eigenvalue weighted by Crippen LogP contribution is -2.34. The van der Waals surface area contributed by atoms with Crippen molar-refractivity contribution in [3.8, 4) is 0 Å². The smallest absolute Gasteiger partial charge is 0.472 e. The second-order valence-corrected chi connectivity index (χ2v) is 17.0. The quantitative estimate of drug-likeness (QED) is 0.0230. The summed E-state index contributed by atoms with van der Waals surface area (Å²) in [4.78, 5) is 46.0. The van der Waals surface area contributed by atoms with Crippen molar-refractivity contribution < 1.29 is 47.5 Å².